The zero-order valence-corrected chi connectivity index (χ0v) is 15.8. The first kappa shape index (κ1) is 20.8. The van der Waals surface area contributed by atoms with Crippen LogP contribution in [0.1, 0.15) is 22.3 Å². The molecule has 0 spiro atoms. The van der Waals surface area contributed by atoms with Gasteiger partial charge in [-0.2, -0.15) is 0 Å². The van der Waals surface area contributed by atoms with Crippen molar-refractivity contribution in [2.75, 3.05) is 20.8 Å². The Bertz CT molecular complexity index is 852. The van der Waals surface area contributed by atoms with Gasteiger partial charge in [0.2, 0.25) is 0 Å². The van der Waals surface area contributed by atoms with Crippen LogP contribution in [0, 0.1) is 0 Å². The van der Waals surface area contributed by atoms with Crippen LogP contribution in [-0.4, -0.2) is 32.8 Å². The summed E-state index contributed by atoms with van der Waals surface area (Å²) < 4.78 is 20.7. The quantitative estimate of drug-likeness (QED) is 0.214. The molecule has 6 nitrogen and oxygen atoms in total. The van der Waals surface area contributed by atoms with Crippen LogP contribution in [0.3, 0.4) is 0 Å². The van der Waals surface area contributed by atoms with E-state index in [2.05, 4.69) is 11.3 Å². The van der Waals surface area contributed by atoms with Crippen LogP contribution in [0.25, 0.3) is 6.08 Å². The lowest BCUT2D eigenvalue weighted by atomic mass is 10.1. The lowest BCUT2D eigenvalue weighted by molar-refractivity contribution is -0.134. The Kier molecular flexibility index (Phi) is 7.84. The number of esters is 2. The number of methoxy groups -OCH3 is 2. The van der Waals surface area contributed by atoms with Gasteiger partial charge in [0.15, 0.2) is 0 Å². The summed E-state index contributed by atoms with van der Waals surface area (Å²) in [6.45, 7) is 4.17. The minimum Gasteiger partial charge on any atom is -0.496 e. The third kappa shape index (κ3) is 6.02. The summed E-state index contributed by atoms with van der Waals surface area (Å²) >= 11 is 0. The second-order valence-corrected chi connectivity index (χ2v) is 5.60. The van der Waals surface area contributed by atoms with Crippen LogP contribution in [0.4, 0.5) is 0 Å². The third-order valence-corrected chi connectivity index (χ3v) is 3.70. The van der Waals surface area contributed by atoms with E-state index in [1.807, 2.05) is 0 Å². The lowest BCUT2D eigenvalue weighted by Crippen LogP contribution is -2.08. The molecular formula is C22H22O6. The Morgan fingerprint density at radius 1 is 1.04 bits per heavy atom. The molecule has 6 heteroatoms. The summed E-state index contributed by atoms with van der Waals surface area (Å²) in [4.78, 5) is 23.6. The van der Waals surface area contributed by atoms with Crippen molar-refractivity contribution >= 4 is 18.0 Å². The average molecular weight is 382 g/mol. The third-order valence-electron chi connectivity index (χ3n) is 3.70. The van der Waals surface area contributed by atoms with Crippen molar-refractivity contribution in [2.24, 2.45) is 0 Å². The van der Waals surface area contributed by atoms with Gasteiger partial charge in [-0.3, -0.25) is 0 Å². The van der Waals surface area contributed by atoms with E-state index >= 15 is 0 Å². The Morgan fingerprint density at radius 2 is 1.75 bits per heavy atom. The molecule has 28 heavy (non-hydrogen) atoms. The molecule has 0 saturated carbocycles. The van der Waals surface area contributed by atoms with E-state index in [0.29, 0.717) is 35.0 Å². The van der Waals surface area contributed by atoms with Crippen molar-refractivity contribution in [3.05, 3.63) is 72.3 Å². The monoisotopic (exact) mass is 382 g/mol. The van der Waals surface area contributed by atoms with Crippen molar-refractivity contribution in [2.45, 2.75) is 6.42 Å². The zero-order valence-electron chi connectivity index (χ0n) is 15.8. The van der Waals surface area contributed by atoms with Gasteiger partial charge in [-0.05, 0) is 48.9 Å². The van der Waals surface area contributed by atoms with Crippen LogP contribution >= 0.6 is 0 Å². The molecule has 0 atom stereocenters. The van der Waals surface area contributed by atoms with Crippen molar-refractivity contribution < 1.29 is 28.5 Å². The van der Waals surface area contributed by atoms with Gasteiger partial charge in [0.05, 0.1) is 26.4 Å². The van der Waals surface area contributed by atoms with Gasteiger partial charge in [0, 0.05) is 17.7 Å². The SMILES string of the molecule is C=CCCOc1ccc(C(=O)Oc2ccc(C=CC(=O)OC)c(OC)c2)cc1. The highest BCUT2D eigenvalue weighted by Crippen LogP contribution is 2.26. The number of carbonyl (C=O) groups is 2. The maximum Gasteiger partial charge on any atom is 0.343 e. The van der Waals surface area contributed by atoms with Gasteiger partial charge in [0.1, 0.15) is 17.2 Å². The number of benzene rings is 2. The summed E-state index contributed by atoms with van der Waals surface area (Å²) in [5, 5.41) is 0. The summed E-state index contributed by atoms with van der Waals surface area (Å²) in [6.07, 6.45) is 5.36. The number of hydrogen-bond acceptors (Lipinski definition) is 6. The second kappa shape index (κ2) is 10.6. The molecule has 0 aromatic heterocycles. The molecule has 0 heterocycles. The van der Waals surface area contributed by atoms with Gasteiger partial charge >= 0.3 is 11.9 Å². The molecule has 0 aliphatic carbocycles. The van der Waals surface area contributed by atoms with Crippen molar-refractivity contribution in [1.82, 2.24) is 0 Å². The second-order valence-electron chi connectivity index (χ2n) is 5.60. The first-order chi connectivity index (χ1) is 13.6. The van der Waals surface area contributed by atoms with E-state index in [-0.39, 0.29) is 0 Å². The van der Waals surface area contributed by atoms with E-state index < -0.39 is 11.9 Å². The Balaban J connectivity index is 2.06. The number of rotatable bonds is 9. The number of hydrogen-bond donors (Lipinski definition) is 0. The molecule has 0 radical (unpaired) electrons. The number of carbonyl (C=O) groups excluding carboxylic acids is 2. The molecular weight excluding hydrogens is 360 g/mol. The minimum atomic E-state index is -0.502. The predicted octanol–water partition coefficient (Wildman–Crippen LogP) is 4.06. The molecule has 0 aliphatic heterocycles. The van der Waals surface area contributed by atoms with Crippen LogP contribution in [0.5, 0.6) is 17.2 Å². The first-order valence-electron chi connectivity index (χ1n) is 8.57. The van der Waals surface area contributed by atoms with Crippen LogP contribution in [-0.2, 0) is 9.53 Å². The summed E-state index contributed by atoms with van der Waals surface area (Å²) in [7, 11) is 2.79. The van der Waals surface area contributed by atoms with Gasteiger partial charge in [-0.15, -0.1) is 6.58 Å². The first-order valence-corrected chi connectivity index (χ1v) is 8.57. The zero-order chi connectivity index (χ0) is 20.4. The fourth-order valence-corrected chi connectivity index (χ4v) is 2.23. The van der Waals surface area contributed by atoms with Crippen LogP contribution in [0.15, 0.2) is 61.2 Å². The largest absolute Gasteiger partial charge is 0.496 e. The number of ether oxygens (including phenoxy) is 4. The van der Waals surface area contributed by atoms with Crippen LogP contribution < -0.4 is 14.2 Å². The van der Waals surface area contributed by atoms with Crippen molar-refractivity contribution in [3.8, 4) is 17.2 Å². The Labute approximate surface area is 164 Å². The van der Waals surface area contributed by atoms with Crippen LogP contribution in [0.2, 0.25) is 0 Å². The standard InChI is InChI=1S/C22H22O6/c1-4-5-14-27-18-10-7-17(8-11-18)22(24)28-19-12-6-16(20(15-19)25-2)9-13-21(23)26-3/h4,6-13,15H,1,5,14H2,2-3H3. The molecule has 0 saturated heterocycles. The van der Waals surface area contributed by atoms with Gasteiger partial charge in [-0.25, -0.2) is 9.59 Å². The molecule has 0 aliphatic rings. The fraction of sp³-hybridized carbons (Fsp3) is 0.182. The highest BCUT2D eigenvalue weighted by molar-refractivity contribution is 5.91. The normalized spacial score (nSPS) is 10.4. The molecule has 2 rings (SSSR count). The minimum absolute atomic E-state index is 0.323. The molecule has 0 unspecified atom stereocenters. The molecule has 0 amide bonds. The molecule has 0 fully saturated rings. The van der Waals surface area contributed by atoms with E-state index in [4.69, 9.17) is 14.2 Å². The topological polar surface area (TPSA) is 71.1 Å². The highest BCUT2D eigenvalue weighted by atomic mass is 16.5. The molecule has 2 aromatic carbocycles. The van der Waals surface area contributed by atoms with Gasteiger partial charge in [-0.1, -0.05) is 6.08 Å². The highest BCUT2D eigenvalue weighted by Gasteiger charge is 2.11. The van der Waals surface area contributed by atoms with Gasteiger partial charge < -0.3 is 18.9 Å². The summed E-state index contributed by atoms with van der Waals surface area (Å²) in [6, 6.07) is 11.6. The maximum absolute atomic E-state index is 12.3. The Morgan fingerprint density at radius 3 is 2.39 bits per heavy atom. The van der Waals surface area contributed by atoms with Crippen molar-refractivity contribution in [3.63, 3.8) is 0 Å². The smallest absolute Gasteiger partial charge is 0.343 e. The lowest BCUT2D eigenvalue weighted by Gasteiger charge is -2.09. The molecule has 2 aromatic rings. The summed E-state index contributed by atoms with van der Waals surface area (Å²) in [5.41, 5.74) is 1.04. The van der Waals surface area contributed by atoms with E-state index in [1.165, 1.54) is 20.3 Å². The van der Waals surface area contributed by atoms with Crippen molar-refractivity contribution in [1.29, 1.82) is 0 Å². The molecule has 0 bridgehead atoms. The maximum atomic E-state index is 12.3. The molecule has 0 N–H and O–H groups in total. The average Bonchev–Trinajstić information content (AvgIpc) is 2.73. The predicted molar refractivity (Wildman–Crippen MR) is 106 cm³/mol. The van der Waals surface area contributed by atoms with E-state index in [1.54, 1.807) is 54.6 Å². The van der Waals surface area contributed by atoms with E-state index in [9.17, 15) is 9.59 Å². The summed E-state index contributed by atoms with van der Waals surface area (Å²) in [5.74, 6) is 0.466. The van der Waals surface area contributed by atoms with E-state index in [0.717, 1.165) is 6.42 Å². The molecule has 146 valence electrons. The fourth-order valence-electron chi connectivity index (χ4n) is 2.23. The van der Waals surface area contributed by atoms with Gasteiger partial charge in [0.25, 0.3) is 0 Å². The Hall–Kier alpha value is -3.54.